The van der Waals surface area contributed by atoms with Gasteiger partial charge >= 0.3 is 0 Å². The lowest BCUT2D eigenvalue weighted by Gasteiger charge is -2.02. The minimum absolute atomic E-state index is 0.185. The number of aromatic nitrogens is 4. The summed E-state index contributed by atoms with van der Waals surface area (Å²) >= 11 is 0. The van der Waals surface area contributed by atoms with Gasteiger partial charge in [0.05, 0.1) is 6.20 Å². The predicted molar refractivity (Wildman–Crippen MR) is 61.5 cm³/mol. The minimum atomic E-state index is -0.185. The van der Waals surface area contributed by atoms with Gasteiger partial charge in [0.1, 0.15) is 17.7 Å². The van der Waals surface area contributed by atoms with E-state index in [2.05, 4.69) is 22.1 Å². The van der Waals surface area contributed by atoms with E-state index in [1.807, 2.05) is 0 Å². The summed E-state index contributed by atoms with van der Waals surface area (Å²) < 4.78 is 1.77. The average molecular weight is 220 g/mol. The molecule has 0 amide bonds. The van der Waals surface area contributed by atoms with Crippen LogP contribution in [0, 0.1) is 0 Å². The number of H-pyrrole nitrogens is 1. The second-order valence-corrected chi connectivity index (χ2v) is 3.93. The molecule has 0 aliphatic carbocycles. The first-order chi connectivity index (χ1) is 7.83. The number of fused-ring (bicyclic) bond motifs is 1. The van der Waals surface area contributed by atoms with Gasteiger partial charge in [0.2, 0.25) is 0 Å². The molecule has 0 aromatic carbocycles. The van der Waals surface area contributed by atoms with Gasteiger partial charge in [-0.1, -0.05) is 26.2 Å². The number of nitrogens with one attached hydrogen (secondary N) is 1. The van der Waals surface area contributed by atoms with Crippen molar-refractivity contribution in [1.29, 1.82) is 0 Å². The third-order valence-electron chi connectivity index (χ3n) is 2.69. The van der Waals surface area contributed by atoms with Crippen molar-refractivity contribution in [2.45, 2.75) is 39.0 Å². The van der Waals surface area contributed by atoms with E-state index in [0.717, 1.165) is 18.7 Å². The smallest absolute Gasteiger partial charge is 0.280 e. The van der Waals surface area contributed by atoms with E-state index in [0.29, 0.717) is 5.52 Å². The number of rotatable bonds is 5. The minimum Gasteiger partial charge on any atom is -0.280 e. The van der Waals surface area contributed by atoms with Crippen LogP contribution in [0.2, 0.25) is 0 Å². The van der Waals surface area contributed by atoms with Crippen LogP contribution in [-0.2, 0) is 6.42 Å². The maximum atomic E-state index is 11.4. The molecule has 0 saturated carbocycles. The molecule has 0 unspecified atom stereocenters. The number of hydrogen-bond acceptors (Lipinski definition) is 3. The second-order valence-electron chi connectivity index (χ2n) is 3.93. The van der Waals surface area contributed by atoms with Crippen LogP contribution in [0.25, 0.3) is 5.52 Å². The molecule has 2 aromatic rings. The van der Waals surface area contributed by atoms with E-state index in [4.69, 9.17) is 0 Å². The molecule has 0 bridgehead atoms. The van der Waals surface area contributed by atoms with Crippen molar-refractivity contribution in [2.24, 2.45) is 0 Å². The zero-order valence-corrected chi connectivity index (χ0v) is 9.44. The van der Waals surface area contributed by atoms with Crippen molar-refractivity contribution in [2.75, 3.05) is 0 Å². The summed E-state index contributed by atoms with van der Waals surface area (Å²) in [6.45, 7) is 2.19. The second kappa shape index (κ2) is 4.92. The Morgan fingerprint density at radius 2 is 2.25 bits per heavy atom. The maximum absolute atomic E-state index is 11.4. The van der Waals surface area contributed by atoms with Crippen LogP contribution in [0.3, 0.4) is 0 Å². The maximum Gasteiger partial charge on any atom is 0.290 e. The summed E-state index contributed by atoms with van der Waals surface area (Å²) in [5.74, 6) is 0.878. The molecule has 2 rings (SSSR count). The normalized spacial score (nSPS) is 11.1. The van der Waals surface area contributed by atoms with E-state index in [1.54, 1.807) is 16.9 Å². The fraction of sp³-hybridized carbons (Fsp3) is 0.545. The van der Waals surface area contributed by atoms with Crippen molar-refractivity contribution < 1.29 is 0 Å². The predicted octanol–water partition coefficient (Wildman–Crippen LogP) is 1.54. The Balaban J connectivity index is 2.15. The standard InChI is InChI=1S/C11H16N4O/c1-2-3-4-5-6-10-13-14-11(16)9-7-12-8-15(9)10/h7-8H,2-6H2,1H3,(H,14,16). The van der Waals surface area contributed by atoms with Crippen molar-refractivity contribution in [3.63, 3.8) is 0 Å². The quantitative estimate of drug-likeness (QED) is 0.777. The number of aromatic amines is 1. The van der Waals surface area contributed by atoms with Gasteiger partial charge in [-0.05, 0) is 6.42 Å². The van der Waals surface area contributed by atoms with Crippen molar-refractivity contribution in [3.05, 3.63) is 28.7 Å². The largest absolute Gasteiger partial charge is 0.290 e. The van der Waals surface area contributed by atoms with Gasteiger partial charge in [-0.25, -0.2) is 10.1 Å². The average Bonchev–Trinajstić information content (AvgIpc) is 2.77. The Hall–Kier alpha value is -1.65. The topological polar surface area (TPSA) is 63.0 Å². The molecule has 2 aromatic heterocycles. The van der Waals surface area contributed by atoms with Crippen molar-refractivity contribution in [1.82, 2.24) is 19.6 Å². The number of imidazole rings is 1. The van der Waals surface area contributed by atoms with E-state index in [9.17, 15) is 4.79 Å². The van der Waals surface area contributed by atoms with Gasteiger partial charge in [0.15, 0.2) is 0 Å². The Kier molecular flexibility index (Phi) is 3.34. The van der Waals surface area contributed by atoms with Gasteiger partial charge in [0, 0.05) is 6.42 Å². The van der Waals surface area contributed by atoms with Gasteiger partial charge < -0.3 is 0 Å². The summed E-state index contributed by atoms with van der Waals surface area (Å²) in [4.78, 5) is 15.4. The highest BCUT2D eigenvalue weighted by atomic mass is 16.1. The lowest BCUT2D eigenvalue weighted by molar-refractivity contribution is 0.639. The molecular formula is C11H16N4O. The molecule has 5 heteroatoms. The first kappa shape index (κ1) is 10.9. The summed E-state index contributed by atoms with van der Waals surface area (Å²) in [5.41, 5.74) is 0.385. The fourth-order valence-electron chi connectivity index (χ4n) is 1.78. The molecule has 2 heterocycles. The zero-order valence-electron chi connectivity index (χ0n) is 9.44. The molecule has 0 aliphatic rings. The van der Waals surface area contributed by atoms with Crippen LogP contribution in [-0.4, -0.2) is 19.6 Å². The number of hydrogen-bond donors (Lipinski definition) is 1. The highest BCUT2D eigenvalue weighted by molar-refractivity contribution is 5.41. The fourth-order valence-corrected chi connectivity index (χ4v) is 1.78. The molecule has 86 valence electrons. The Labute approximate surface area is 93.5 Å². The first-order valence-corrected chi connectivity index (χ1v) is 5.72. The summed E-state index contributed by atoms with van der Waals surface area (Å²) in [6, 6.07) is 0. The lowest BCUT2D eigenvalue weighted by Crippen LogP contribution is -2.15. The highest BCUT2D eigenvalue weighted by Gasteiger charge is 2.05. The van der Waals surface area contributed by atoms with Crippen LogP contribution >= 0.6 is 0 Å². The highest BCUT2D eigenvalue weighted by Crippen LogP contribution is 2.05. The van der Waals surface area contributed by atoms with Crippen LogP contribution in [0.5, 0.6) is 0 Å². The monoisotopic (exact) mass is 220 g/mol. The molecule has 1 N–H and O–H groups in total. The molecule has 0 saturated heterocycles. The molecule has 0 atom stereocenters. The third kappa shape index (κ3) is 2.13. The van der Waals surface area contributed by atoms with Gasteiger partial charge in [-0.3, -0.25) is 9.20 Å². The number of unbranched alkanes of at least 4 members (excludes halogenated alkanes) is 3. The van der Waals surface area contributed by atoms with Gasteiger partial charge in [0.25, 0.3) is 5.56 Å². The Morgan fingerprint density at radius 1 is 1.38 bits per heavy atom. The van der Waals surface area contributed by atoms with Crippen LogP contribution in [0.15, 0.2) is 17.3 Å². The van der Waals surface area contributed by atoms with E-state index < -0.39 is 0 Å². The molecular weight excluding hydrogens is 204 g/mol. The summed E-state index contributed by atoms with van der Waals surface area (Å²) in [6.07, 6.45) is 8.86. The Bertz CT molecular complexity index is 514. The number of nitrogens with zero attached hydrogens (tertiary/aromatic N) is 3. The van der Waals surface area contributed by atoms with E-state index in [1.165, 1.54) is 19.3 Å². The molecule has 16 heavy (non-hydrogen) atoms. The SMILES string of the molecule is CCCCCCc1n[nH]c(=O)c2cncn12. The lowest BCUT2D eigenvalue weighted by atomic mass is 10.1. The first-order valence-electron chi connectivity index (χ1n) is 5.72. The molecule has 0 aliphatic heterocycles. The van der Waals surface area contributed by atoms with Crippen LogP contribution in [0.1, 0.15) is 38.4 Å². The summed E-state index contributed by atoms with van der Waals surface area (Å²) in [5, 5.41) is 6.57. The van der Waals surface area contributed by atoms with E-state index >= 15 is 0 Å². The van der Waals surface area contributed by atoms with Crippen LogP contribution < -0.4 is 5.56 Å². The molecule has 0 radical (unpaired) electrons. The van der Waals surface area contributed by atoms with Gasteiger partial charge in [-0.2, -0.15) is 5.10 Å². The third-order valence-corrected chi connectivity index (χ3v) is 2.69. The van der Waals surface area contributed by atoms with E-state index in [-0.39, 0.29) is 5.56 Å². The Morgan fingerprint density at radius 3 is 3.06 bits per heavy atom. The molecule has 0 fully saturated rings. The number of aryl methyl sites for hydroxylation is 1. The zero-order chi connectivity index (χ0) is 11.4. The molecule has 0 spiro atoms. The summed E-state index contributed by atoms with van der Waals surface area (Å²) in [7, 11) is 0. The molecule has 5 nitrogen and oxygen atoms in total. The van der Waals surface area contributed by atoms with Crippen LogP contribution in [0.4, 0.5) is 0 Å². The van der Waals surface area contributed by atoms with Gasteiger partial charge in [-0.15, -0.1) is 0 Å². The van der Waals surface area contributed by atoms with Crippen molar-refractivity contribution in [3.8, 4) is 0 Å². The van der Waals surface area contributed by atoms with Crippen molar-refractivity contribution >= 4 is 5.52 Å².